The minimum Gasteiger partial charge on any atom is -0.283 e. The average molecular weight is 183 g/mol. The molecule has 6 heteroatoms. The molecule has 0 fully saturated rings. The largest absolute Gasteiger partial charge is 0.283 e. The Morgan fingerprint density at radius 1 is 1.33 bits per heavy atom. The predicted octanol–water partition coefficient (Wildman–Crippen LogP) is 0.254. The van der Waals surface area contributed by atoms with Gasteiger partial charge in [0, 0.05) is 0 Å². The van der Waals surface area contributed by atoms with Crippen LogP contribution < -0.4 is 0 Å². The van der Waals surface area contributed by atoms with E-state index < -0.39 is 10.3 Å². The van der Waals surface area contributed by atoms with Gasteiger partial charge < -0.3 is 0 Å². The monoisotopic (exact) mass is 183 g/mol. The minimum absolute atomic E-state index is 0.199. The van der Waals surface area contributed by atoms with E-state index in [9.17, 15) is 8.42 Å². The van der Waals surface area contributed by atoms with Gasteiger partial charge in [-0.25, -0.2) is 5.21 Å². The molecule has 0 atom stereocenters. The minimum atomic E-state index is -2.23. The Hall–Kier alpha value is -1.56. The van der Waals surface area contributed by atoms with Crippen molar-refractivity contribution in [2.24, 2.45) is 0 Å². The molecule has 0 unspecified atom stereocenters. The van der Waals surface area contributed by atoms with Gasteiger partial charge in [0.1, 0.15) is 10.2 Å². The third kappa shape index (κ3) is 0.928. The molecule has 0 bridgehead atoms. The quantitative estimate of drug-likeness (QED) is 0.575. The molecular weight excluding hydrogens is 178 g/mol. The molecule has 0 radical (unpaired) electrons. The highest BCUT2D eigenvalue weighted by molar-refractivity contribution is 7.64. The maximum absolute atomic E-state index is 10.6. The van der Waals surface area contributed by atoms with Crippen LogP contribution in [-0.2, 0) is 10.3 Å². The van der Waals surface area contributed by atoms with Gasteiger partial charge in [0.2, 0.25) is 10.3 Å². The first-order chi connectivity index (χ1) is 5.79. The summed E-state index contributed by atoms with van der Waals surface area (Å²) in [7, 11) is -2.23. The number of nitrogens with zero attached hydrogens (tertiary/aromatic N) is 1. The van der Waals surface area contributed by atoms with E-state index in [0.29, 0.717) is 11.4 Å². The van der Waals surface area contributed by atoms with Crippen LogP contribution in [-0.4, -0.2) is 23.8 Å². The van der Waals surface area contributed by atoms with Crippen molar-refractivity contribution in [3.8, 4) is 11.4 Å². The number of H-pyrrole nitrogens is 2. The molecule has 5 nitrogen and oxygen atoms in total. The summed E-state index contributed by atoms with van der Waals surface area (Å²) in [4.78, 5) is 0. The Morgan fingerprint density at radius 2 is 2.17 bits per heavy atom. The molecule has 0 saturated heterocycles. The Balaban J connectivity index is 3.10. The fourth-order valence-corrected chi connectivity index (χ4v) is 1.52. The summed E-state index contributed by atoms with van der Waals surface area (Å²) < 4.78 is 21.5. The first kappa shape index (κ1) is 7.11. The molecule has 0 amide bonds. The van der Waals surface area contributed by atoms with E-state index in [1.807, 2.05) is 0 Å². The van der Waals surface area contributed by atoms with E-state index in [4.69, 9.17) is 0 Å². The molecule has 0 aromatic carbocycles. The topological polar surface area (TPSA) is 78.6 Å². The lowest BCUT2D eigenvalue weighted by Crippen LogP contribution is -1.80. The van der Waals surface area contributed by atoms with Crippen LogP contribution in [0.4, 0.5) is 0 Å². The number of benzene rings is 1. The van der Waals surface area contributed by atoms with Gasteiger partial charge >= 0.3 is 0 Å². The van der Waals surface area contributed by atoms with Gasteiger partial charge in [-0.15, -0.1) is 0 Å². The SMILES string of the molecule is O=S(=O)=c1cccc2[nH][nH]nc1-2. The molecule has 1 aliphatic carbocycles. The molecule has 2 rings (SSSR count). The van der Waals surface area contributed by atoms with Crippen molar-refractivity contribution in [2.75, 3.05) is 0 Å². The van der Waals surface area contributed by atoms with Gasteiger partial charge in [-0.1, -0.05) is 6.07 Å². The molecule has 2 N–H and O–H groups in total. The van der Waals surface area contributed by atoms with Crippen molar-refractivity contribution in [2.45, 2.75) is 0 Å². The number of para-hydroxylation sites is 1. The molecular formula is C6H5N3O2S. The first-order valence-corrected chi connectivity index (χ1v) is 4.30. The molecule has 1 aliphatic heterocycles. The Labute approximate surface area is 68.9 Å². The number of aromatic nitrogens is 3. The van der Waals surface area contributed by atoms with E-state index >= 15 is 0 Å². The molecule has 0 spiro atoms. The van der Waals surface area contributed by atoms with Crippen LogP contribution in [0.15, 0.2) is 18.2 Å². The van der Waals surface area contributed by atoms with Crippen LogP contribution in [0.1, 0.15) is 0 Å². The van der Waals surface area contributed by atoms with Crippen molar-refractivity contribution in [1.82, 2.24) is 15.4 Å². The maximum atomic E-state index is 10.6. The predicted molar refractivity (Wildman–Crippen MR) is 41.7 cm³/mol. The van der Waals surface area contributed by atoms with Crippen LogP contribution in [0.3, 0.4) is 0 Å². The van der Waals surface area contributed by atoms with Crippen LogP contribution in [0.25, 0.3) is 11.4 Å². The summed E-state index contributed by atoms with van der Waals surface area (Å²) in [6.07, 6.45) is 0. The van der Waals surface area contributed by atoms with E-state index in [2.05, 4.69) is 15.4 Å². The third-order valence-corrected chi connectivity index (χ3v) is 2.23. The molecule has 2 aliphatic rings. The normalized spacial score (nSPS) is 10.3. The fourth-order valence-electron chi connectivity index (χ4n) is 1.02. The number of aromatic amines is 2. The van der Waals surface area contributed by atoms with Crippen LogP contribution in [0.2, 0.25) is 0 Å². The van der Waals surface area contributed by atoms with Crippen molar-refractivity contribution < 1.29 is 8.42 Å². The molecule has 0 saturated carbocycles. The number of hydrogen-bond acceptors (Lipinski definition) is 3. The van der Waals surface area contributed by atoms with Gasteiger partial charge in [-0.3, -0.25) is 5.10 Å². The van der Waals surface area contributed by atoms with E-state index in [-0.39, 0.29) is 4.51 Å². The summed E-state index contributed by atoms with van der Waals surface area (Å²) in [6, 6.07) is 4.90. The second-order valence-corrected chi connectivity index (χ2v) is 3.14. The standard InChI is InChI=1S/C6H5N3O2S/c10-12(11)5-3-1-2-4-6(5)8-9-7-4/h1-3,7,9H. The van der Waals surface area contributed by atoms with Gasteiger partial charge in [-0.05, 0) is 12.1 Å². The Bertz CT molecular complexity index is 528. The number of hydrogen-bond donors (Lipinski definition) is 2. The van der Waals surface area contributed by atoms with Crippen molar-refractivity contribution >= 4 is 10.3 Å². The van der Waals surface area contributed by atoms with E-state index in [0.717, 1.165) is 0 Å². The van der Waals surface area contributed by atoms with Gasteiger partial charge in [0.15, 0.2) is 0 Å². The summed E-state index contributed by atoms with van der Waals surface area (Å²) in [5.41, 5.74) is 1.11. The summed E-state index contributed by atoms with van der Waals surface area (Å²) >= 11 is 0. The van der Waals surface area contributed by atoms with Crippen LogP contribution in [0.5, 0.6) is 0 Å². The summed E-state index contributed by atoms with van der Waals surface area (Å²) in [6.45, 7) is 0. The first-order valence-electron chi connectivity index (χ1n) is 3.23. The zero-order valence-electron chi connectivity index (χ0n) is 5.90. The number of rotatable bonds is 0. The second-order valence-electron chi connectivity index (χ2n) is 2.24. The highest BCUT2D eigenvalue weighted by atomic mass is 32.2. The van der Waals surface area contributed by atoms with Crippen LogP contribution >= 0.6 is 0 Å². The zero-order chi connectivity index (χ0) is 8.55. The smallest absolute Gasteiger partial charge is 0.223 e. The molecule has 12 heavy (non-hydrogen) atoms. The fraction of sp³-hybridized carbons (Fsp3) is 0. The van der Waals surface area contributed by atoms with Crippen molar-refractivity contribution in [3.63, 3.8) is 0 Å². The lowest BCUT2D eigenvalue weighted by molar-refractivity contribution is 0.625. The van der Waals surface area contributed by atoms with Crippen LogP contribution in [0, 0.1) is 4.51 Å². The second kappa shape index (κ2) is 2.49. The molecule has 1 heterocycles. The van der Waals surface area contributed by atoms with Crippen molar-refractivity contribution in [3.05, 3.63) is 22.7 Å². The molecule has 0 aromatic heterocycles. The highest BCUT2D eigenvalue weighted by Gasteiger charge is 2.05. The Morgan fingerprint density at radius 3 is 2.92 bits per heavy atom. The lowest BCUT2D eigenvalue weighted by atomic mass is 10.2. The highest BCUT2D eigenvalue weighted by Crippen LogP contribution is 2.14. The summed E-state index contributed by atoms with van der Waals surface area (Å²) in [5.74, 6) is 0. The maximum Gasteiger partial charge on any atom is 0.223 e. The Kier molecular flexibility index (Phi) is 1.47. The third-order valence-electron chi connectivity index (χ3n) is 1.54. The zero-order valence-corrected chi connectivity index (χ0v) is 6.72. The number of fused-ring (bicyclic) bond motifs is 1. The van der Waals surface area contributed by atoms with Gasteiger partial charge in [-0.2, -0.15) is 13.5 Å². The van der Waals surface area contributed by atoms with E-state index in [1.54, 1.807) is 12.1 Å². The molecule has 62 valence electrons. The summed E-state index contributed by atoms with van der Waals surface area (Å²) in [5, 5.41) is 8.96. The van der Waals surface area contributed by atoms with Gasteiger partial charge in [0.25, 0.3) is 0 Å². The molecule has 0 aromatic rings. The average Bonchev–Trinajstić information content (AvgIpc) is 2.49. The number of nitrogens with one attached hydrogen (secondary N) is 2. The van der Waals surface area contributed by atoms with E-state index in [1.165, 1.54) is 6.07 Å². The van der Waals surface area contributed by atoms with Crippen molar-refractivity contribution in [1.29, 1.82) is 0 Å². The lowest BCUT2D eigenvalue weighted by Gasteiger charge is -1.89. The van der Waals surface area contributed by atoms with Gasteiger partial charge in [0.05, 0.1) is 5.69 Å².